The Bertz CT molecular complexity index is 378. The molecule has 0 spiro atoms. The molecule has 18 heavy (non-hydrogen) atoms. The Balaban J connectivity index is 1.85. The van der Waals surface area contributed by atoms with Crippen LogP contribution in [0, 0.1) is 5.92 Å². The monoisotopic (exact) mass is 269 g/mol. The van der Waals surface area contributed by atoms with Gasteiger partial charge in [0.15, 0.2) is 0 Å². The van der Waals surface area contributed by atoms with Crippen molar-refractivity contribution in [1.82, 2.24) is 5.32 Å². The summed E-state index contributed by atoms with van der Waals surface area (Å²) in [6, 6.07) is 5.73. The van der Waals surface area contributed by atoms with Gasteiger partial charge >= 0.3 is 0 Å². The van der Waals surface area contributed by atoms with E-state index in [9.17, 15) is 0 Å². The Morgan fingerprint density at radius 1 is 1.50 bits per heavy atom. The fourth-order valence-corrected chi connectivity index (χ4v) is 2.50. The largest absolute Gasteiger partial charge is 0.496 e. The second-order valence-electron chi connectivity index (χ2n) is 4.63. The lowest BCUT2D eigenvalue weighted by atomic mass is 10.0. The first-order valence-corrected chi connectivity index (χ1v) is 6.79. The standard InChI is InChI=1S/C14H20ClNO2/c1-17-14-6-2-5-13(15)12(14)9-16-8-11-4-3-7-18-10-11/h2,5-6,11,16H,3-4,7-10H2,1H3. The summed E-state index contributed by atoms with van der Waals surface area (Å²) in [4.78, 5) is 0. The van der Waals surface area contributed by atoms with Gasteiger partial charge in [0.25, 0.3) is 0 Å². The van der Waals surface area contributed by atoms with Gasteiger partial charge < -0.3 is 14.8 Å². The molecule has 0 bridgehead atoms. The van der Waals surface area contributed by atoms with Gasteiger partial charge in [-0.25, -0.2) is 0 Å². The van der Waals surface area contributed by atoms with Crippen molar-refractivity contribution in [1.29, 1.82) is 0 Å². The lowest BCUT2D eigenvalue weighted by Gasteiger charge is -2.22. The van der Waals surface area contributed by atoms with Crippen LogP contribution in [0.4, 0.5) is 0 Å². The molecule has 1 saturated heterocycles. The van der Waals surface area contributed by atoms with Crippen molar-refractivity contribution in [3.8, 4) is 5.75 Å². The van der Waals surface area contributed by atoms with Crippen LogP contribution in [0.15, 0.2) is 18.2 Å². The zero-order valence-electron chi connectivity index (χ0n) is 10.7. The number of hydrogen-bond donors (Lipinski definition) is 1. The highest BCUT2D eigenvalue weighted by Crippen LogP contribution is 2.26. The van der Waals surface area contributed by atoms with E-state index in [-0.39, 0.29) is 0 Å². The molecule has 1 aliphatic heterocycles. The zero-order valence-corrected chi connectivity index (χ0v) is 11.5. The number of ether oxygens (including phenoxy) is 2. The predicted molar refractivity (Wildman–Crippen MR) is 73.3 cm³/mol. The van der Waals surface area contributed by atoms with Gasteiger partial charge in [-0.3, -0.25) is 0 Å². The third-order valence-electron chi connectivity index (χ3n) is 3.29. The number of halogens is 1. The predicted octanol–water partition coefficient (Wildman–Crippen LogP) is 2.86. The van der Waals surface area contributed by atoms with Crippen molar-refractivity contribution in [2.75, 3.05) is 26.9 Å². The molecule has 1 atom stereocenters. The van der Waals surface area contributed by atoms with Gasteiger partial charge in [0.1, 0.15) is 5.75 Å². The van der Waals surface area contributed by atoms with E-state index in [1.807, 2.05) is 18.2 Å². The maximum Gasteiger partial charge on any atom is 0.124 e. The average molecular weight is 270 g/mol. The van der Waals surface area contributed by atoms with Gasteiger partial charge in [-0.05, 0) is 30.9 Å². The second kappa shape index (κ2) is 6.98. The van der Waals surface area contributed by atoms with E-state index in [0.29, 0.717) is 5.92 Å². The quantitative estimate of drug-likeness (QED) is 0.892. The van der Waals surface area contributed by atoms with Gasteiger partial charge in [0, 0.05) is 30.3 Å². The van der Waals surface area contributed by atoms with Crippen LogP contribution in [0.1, 0.15) is 18.4 Å². The van der Waals surface area contributed by atoms with Crippen LogP contribution >= 0.6 is 11.6 Å². The topological polar surface area (TPSA) is 30.5 Å². The highest BCUT2D eigenvalue weighted by molar-refractivity contribution is 6.31. The molecule has 0 aliphatic carbocycles. The fourth-order valence-electron chi connectivity index (χ4n) is 2.27. The molecule has 4 heteroatoms. The Morgan fingerprint density at radius 2 is 2.39 bits per heavy atom. The summed E-state index contributed by atoms with van der Waals surface area (Å²) < 4.78 is 10.8. The number of rotatable bonds is 5. The molecule has 2 rings (SSSR count). The molecule has 1 aromatic carbocycles. The van der Waals surface area contributed by atoms with Gasteiger partial charge in [-0.1, -0.05) is 17.7 Å². The molecule has 1 unspecified atom stereocenters. The molecular weight excluding hydrogens is 250 g/mol. The summed E-state index contributed by atoms with van der Waals surface area (Å²) in [6.45, 7) is 3.48. The average Bonchev–Trinajstić information content (AvgIpc) is 2.41. The first kappa shape index (κ1) is 13.7. The maximum atomic E-state index is 6.18. The van der Waals surface area contributed by atoms with Crippen LogP contribution in [-0.4, -0.2) is 26.9 Å². The van der Waals surface area contributed by atoms with E-state index in [1.165, 1.54) is 12.8 Å². The van der Waals surface area contributed by atoms with E-state index in [4.69, 9.17) is 21.1 Å². The smallest absolute Gasteiger partial charge is 0.124 e. The minimum Gasteiger partial charge on any atom is -0.496 e. The SMILES string of the molecule is COc1cccc(Cl)c1CNCC1CCCOC1. The molecule has 1 aliphatic rings. The highest BCUT2D eigenvalue weighted by atomic mass is 35.5. The summed E-state index contributed by atoms with van der Waals surface area (Å²) in [7, 11) is 1.67. The first-order valence-electron chi connectivity index (χ1n) is 6.41. The van der Waals surface area contributed by atoms with Crippen molar-refractivity contribution in [2.24, 2.45) is 5.92 Å². The molecule has 1 fully saturated rings. The summed E-state index contributed by atoms with van der Waals surface area (Å²) in [6.07, 6.45) is 2.41. The van der Waals surface area contributed by atoms with Crippen molar-refractivity contribution in [3.05, 3.63) is 28.8 Å². The van der Waals surface area contributed by atoms with Crippen LogP contribution in [0.5, 0.6) is 5.75 Å². The van der Waals surface area contributed by atoms with E-state index in [1.54, 1.807) is 7.11 Å². The number of benzene rings is 1. The van der Waals surface area contributed by atoms with E-state index < -0.39 is 0 Å². The minimum atomic E-state index is 0.618. The van der Waals surface area contributed by atoms with Gasteiger partial charge in [-0.15, -0.1) is 0 Å². The summed E-state index contributed by atoms with van der Waals surface area (Å²) in [5.74, 6) is 1.46. The molecule has 0 aromatic heterocycles. The zero-order chi connectivity index (χ0) is 12.8. The molecule has 1 aromatic rings. The lowest BCUT2D eigenvalue weighted by Crippen LogP contribution is -2.29. The van der Waals surface area contributed by atoms with Crippen LogP contribution < -0.4 is 10.1 Å². The summed E-state index contributed by atoms with van der Waals surface area (Å²) >= 11 is 6.18. The highest BCUT2D eigenvalue weighted by Gasteiger charge is 2.14. The Kier molecular flexibility index (Phi) is 5.29. The van der Waals surface area contributed by atoms with Crippen LogP contribution in [0.3, 0.4) is 0 Å². The fraction of sp³-hybridized carbons (Fsp3) is 0.571. The second-order valence-corrected chi connectivity index (χ2v) is 5.04. The maximum absolute atomic E-state index is 6.18. The Labute approximate surface area is 113 Å². The normalized spacial score (nSPS) is 19.8. The van der Waals surface area contributed by atoms with Gasteiger partial charge in [0.05, 0.1) is 13.7 Å². The van der Waals surface area contributed by atoms with E-state index >= 15 is 0 Å². The first-order chi connectivity index (χ1) is 8.81. The molecular formula is C14H20ClNO2. The van der Waals surface area contributed by atoms with Gasteiger partial charge in [-0.2, -0.15) is 0 Å². The molecule has 100 valence electrons. The Morgan fingerprint density at radius 3 is 3.11 bits per heavy atom. The van der Waals surface area contributed by atoms with Crippen molar-refractivity contribution < 1.29 is 9.47 Å². The number of nitrogens with one attached hydrogen (secondary N) is 1. The number of hydrogen-bond acceptors (Lipinski definition) is 3. The third-order valence-corrected chi connectivity index (χ3v) is 3.64. The van der Waals surface area contributed by atoms with Gasteiger partial charge in [0.2, 0.25) is 0 Å². The van der Waals surface area contributed by atoms with E-state index in [0.717, 1.165) is 42.6 Å². The molecule has 0 saturated carbocycles. The number of methoxy groups -OCH3 is 1. The molecule has 0 amide bonds. The third kappa shape index (κ3) is 3.61. The summed E-state index contributed by atoms with van der Waals surface area (Å²) in [5.41, 5.74) is 1.03. The van der Waals surface area contributed by atoms with Crippen LogP contribution in [-0.2, 0) is 11.3 Å². The molecule has 0 radical (unpaired) electrons. The van der Waals surface area contributed by atoms with Crippen LogP contribution in [0.2, 0.25) is 5.02 Å². The molecule has 3 nitrogen and oxygen atoms in total. The molecule has 1 heterocycles. The summed E-state index contributed by atoms with van der Waals surface area (Å²) in [5, 5.41) is 4.19. The van der Waals surface area contributed by atoms with E-state index in [2.05, 4.69) is 5.32 Å². The van der Waals surface area contributed by atoms with Crippen molar-refractivity contribution in [3.63, 3.8) is 0 Å². The van der Waals surface area contributed by atoms with Crippen LogP contribution in [0.25, 0.3) is 0 Å². The lowest BCUT2D eigenvalue weighted by molar-refractivity contribution is 0.0547. The molecule has 1 N–H and O–H groups in total. The Hall–Kier alpha value is -0.770. The van der Waals surface area contributed by atoms with Crippen molar-refractivity contribution in [2.45, 2.75) is 19.4 Å². The minimum absolute atomic E-state index is 0.618. The van der Waals surface area contributed by atoms with Crippen molar-refractivity contribution >= 4 is 11.6 Å².